The summed E-state index contributed by atoms with van der Waals surface area (Å²) in [6, 6.07) is 16.8. The zero-order valence-corrected chi connectivity index (χ0v) is 27.4. The van der Waals surface area contributed by atoms with Crippen LogP contribution in [0.4, 0.5) is 17.6 Å². The van der Waals surface area contributed by atoms with Crippen LogP contribution in [0.1, 0.15) is 118 Å². The van der Waals surface area contributed by atoms with Crippen LogP contribution in [0.15, 0.2) is 66.7 Å². The fourth-order valence-electron chi connectivity index (χ4n) is 5.18. The molecule has 3 aromatic carbocycles. The molecule has 0 aliphatic carbocycles. The van der Waals surface area contributed by atoms with Gasteiger partial charge in [-0.2, -0.15) is 13.2 Å². The Labute approximate surface area is 275 Å². The molecule has 0 saturated heterocycles. The summed E-state index contributed by atoms with van der Waals surface area (Å²) in [6.07, 6.45) is 4.76. The quantitative estimate of drug-likeness (QED) is 0.0523. The minimum Gasteiger partial charge on any atom is -0.494 e. The molecule has 1 unspecified atom stereocenters. The first-order valence-electron chi connectivity index (χ1n) is 16.8. The average Bonchev–Trinajstić information content (AvgIpc) is 3.06. The number of esters is 2. The van der Waals surface area contributed by atoms with Gasteiger partial charge in [-0.1, -0.05) is 108 Å². The Morgan fingerprint density at radius 2 is 1.34 bits per heavy atom. The number of alkyl halides is 3. The maximum absolute atomic E-state index is 14.9. The van der Waals surface area contributed by atoms with E-state index in [1.807, 2.05) is 31.2 Å². The minimum atomic E-state index is -4.75. The predicted molar refractivity (Wildman–Crippen MR) is 175 cm³/mol. The molecule has 0 aliphatic rings. The van der Waals surface area contributed by atoms with Crippen molar-refractivity contribution < 1.29 is 41.4 Å². The molecule has 0 radical (unpaired) electrons. The number of hydrogen-bond donors (Lipinski definition) is 0. The van der Waals surface area contributed by atoms with E-state index in [0.717, 1.165) is 49.1 Å². The molecule has 0 spiro atoms. The summed E-state index contributed by atoms with van der Waals surface area (Å²) >= 11 is 0. The van der Waals surface area contributed by atoms with Crippen LogP contribution in [0.2, 0.25) is 0 Å². The lowest BCUT2D eigenvalue weighted by Gasteiger charge is -2.20. The van der Waals surface area contributed by atoms with Crippen molar-refractivity contribution in [3.63, 3.8) is 0 Å². The van der Waals surface area contributed by atoms with Gasteiger partial charge in [0.2, 0.25) is 0 Å². The van der Waals surface area contributed by atoms with Crippen LogP contribution in [0.3, 0.4) is 0 Å². The van der Waals surface area contributed by atoms with E-state index in [4.69, 9.17) is 14.2 Å². The van der Waals surface area contributed by atoms with Crippen LogP contribution in [-0.2, 0) is 4.74 Å². The highest BCUT2D eigenvalue weighted by molar-refractivity contribution is 5.98. The van der Waals surface area contributed by atoms with Crippen molar-refractivity contribution >= 4 is 11.9 Å². The molecule has 0 aliphatic heterocycles. The molecular weight excluding hydrogens is 612 g/mol. The van der Waals surface area contributed by atoms with E-state index in [1.54, 1.807) is 24.3 Å². The monoisotopic (exact) mass is 658 g/mol. The Kier molecular flexibility index (Phi) is 15.8. The van der Waals surface area contributed by atoms with Gasteiger partial charge in [0.1, 0.15) is 5.75 Å². The summed E-state index contributed by atoms with van der Waals surface area (Å²) in [6.45, 7) is 4.77. The molecule has 256 valence electrons. The summed E-state index contributed by atoms with van der Waals surface area (Å²) in [5.41, 5.74) is 1.05. The normalized spacial score (nSPS) is 12.0. The van der Waals surface area contributed by atoms with E-state index in [1.165, 1.54) is 38.5 Å². The van der Waals surface area contributed by atoms with Gasteiger partial charge in [0.05, 0.1) is 17.7 Å². The van der Waals surface area contributed by atoms with Crippen LogP contribution < -0.4 is 9.47 Å². The van der Waals surface area contributed by atoms with Gasteiger partial charge < -0.3 is 14.2 Å². The maximum Gasteiger partial charge on any atom is 0.425 e. The van der Waals surface area contributed by atoms with Crippen molar-refractivity contribution in [2.75, 3.05) is 6.61 Å². The predicted octanol–water partition coefficient (Wildman–Crippen LogP) is 11.3. The second-order valence-corrected chi connectivity index (χ2v) is 11.7. The van der Waals surface area contributed by atoms with E-state index in [0.29, 0.717) is 24.7 Å². The van der Waals surface area contributed by atoms with Crippen molar-refractivity contribution in [1.29, 1.82) is 0 Å². The van der Waals surface area contributed by atoms with Crippen LogP contribution in [0.5, 0.6) is 11.5 Å². The first kappa shape index (κ1) is 37.6. The topological polar surface area (TPSA) is 61.8 Å². The number of halogens is 4. The number of hydrogen-bond acceptors (Lipinski definition) is 5. The lowest BCUT2D eigenvalue weighted by Crippen LogP contribution is -2.33. The highest BCUT2D eigenvalue weighted by Gasteiger charge is 2.42. The van der Waals surface area contributed by atoms with Crippen LogP contribution in [-0.4, -0.2) is 30.8 Å². The van der Waals surface area contributed by atoms with Crippen LogP contribution >= 0.6 is 0 Å². The van der Waals surface area contributed by atoms with E-state index < -0.39 is 41.3 Å². The average molecular weight is 659 g/mol. The van der Waals surface area contributed by atoms with Crippen molar-refractivity contribution in [3.05, 3.63) is 83.7 Å². The third-order valence-electron chi connectivity index (χ3n) is 7.88. The second-order valence-electron chi connectivity index (χ2n) is 11.7. The van der Waals surface area contributed by atoms with Gasteiger partial charge in [0.25, 0.3) is 0 Å². The molecule has 47 heavy (non-hydrogen) atoms. The molecule has 0 aromatic heterocycles. The van der Waals surface area contributed by atoms with Gasteiger partial charge in [-0.05, 0) is 66.8 Å². The van der Waals surface area contributed by atoms with Gasteiger partial charge in [-0.3, -0.25) is 0 Å². The fraction of sp³-hybridized carbons (Fsp3) is 0.474. The number of carbonyl (C=O) groups is 2. The van der Waals surface area contributed by atoms with Gasteiger partial charge in [-0.15, -0.1) is 0 Å². The molecule has 5 nitrogen and oxygen atoms in total. The zero-order valence-electron chi connectivity index (χ0n) is 27.4. The van der Waals surface area contributed by atoms with Gasteiger partial charge in [-0.25, -0.2) is 14.0 Å². The van der Waals surface area contributed by atoms with E-state index >= 15 is 0 Å². The summed E-state index contributed by atoms with van der Waals surface area (Å²) in [5, 5.41) is 0. The molecule has 9 heteroatoms. The first-order valence-corrected chi connectivity index (χ1v) is 16.8. The van der Waals surface area contributed by atoms with E-state index in [9.17, 15) is 27.2 Å². The number of unbranched alkanes of at least 4 members (excludes halogenated alkanes) is 10. The number of carbonyl (C=O) groups excluding carboxylic acids is 2. The first-order chi connectivity index (χ1) is 22.6. The zero-order chi connectivity index (χ0) is 34.1. The molecule has 0 heterocycles. The Morgan fingerprint density at radius 1 is 0.723 bits per heavy atom. The lowest BCUT2D eigenvalue weighted by atomic mass is 9.99. The Bertz CT molecular complexity index is 1390. The molecule has 0 saturated carbocycles. The molecule has 0 fully saturated rings. The molecule has 0 N–H and O–H groups in total. The third-order valence-corrected chi connectivity index (χ3v) is 7.88. The van der Waals surface area contributed by atoms with Gasteiger partial charge in [0, 0.05) is 0 Å². The minimum absolute atomic E-state index is 0.180. The Morgan fingerprint density at radius 3 is 1.98 bits per heavy atom. The smallest absolute Gasteiger partial charge is 0.425 e. The SMILES string of the molecule is CCCCCCCCCCOc1ccc(-c2ccccc2C(=O)Oc2ccc(C(=O)OC(CCCCCC)C(F)(F)F)cc2F)cc1. The molecule has 1 atom stereocenters. The van der Waals surface area contributed by atoms with Crippen molar-refractivity contribution in [2.45, 2.75) is 110 Å². The maximum atomic E-state index is 14.9. The van der Waals surface area contributed by atoms with Crippen molar-refractivity contribution in [3.8, 4) is 22.6 Å². The van der Waals surface area contributed by atoms with E-state index in [2.05, 4.69) is 6.92 Å². The van der Waals surface area contributed by atoms with Crippen LogP contribution in [0.25, 0.3) is 11.1 Å². The standard InChI is InChI=1S/C38H46F4O5/c1-3-5-7-9-10-11-12-16-26-45-30-23-20-28(21-24-30)31-17-14-15-18-32(31)37(44)46-34-25-22-29(27-33(34)39)36(43)47-35(38(40,41)42)19-13-8-6-4-2/h14-15,17-18,20-25,27,35H,3-13,16,19,26H2,1-2H3. The lowest BCUT2D eigenvalue weighted by molar-refractivity contribution is -0.206. The molecular formula is C38H46F4O5. The number of rotatable bonds is 20. The Balaban J connectivity index is 1.58. The number of benzene rings is 3. The molecule has 0 bridgehead atoms. The molecule has 0 amide bonds. The Hall–Kier alpha value is -3.88. The highest BCUT2D eigenvalue weighted by Crippen LogP contribution is 2.30. The van der Waals surface area contributed by atoms with Gasteiger partial charge in [0.15, 0.2) is 17.7 Å². The second kappa shape index (κ2) is 19.7. The van der Waals surface area contributed by atoms with Crippen molar-refractivity contribution in [2.24, 2.45) is 0 Å². The van der Waals surface area contributed by atoms with Crippen LogP contribution in [0, 0.1) is 5.82 Å². The van der Waals surface area contributed by atoms with E-state index in [-0.39, 0.29) is 18.4 Å². The van der Waals surface area contributed by atoms with Crippen molar-refractivity contribution in [1.82, 2.24) is 0 Å². The highest BCUT2D eigenvalue weighted by atomic mass is 19.4. The number of ether oxygens (including phenoxy) is 3. The molecule has 3 rings (SSSR count). The molecule has 3 aromatic rings. The summed E-state index contributed by atoms with van der Waals surface area (Å²) in [4.78, 5) is 25.6. The summed E-state index contributed by atoms with van der Waals surface area (Å²) in [7, 11) is 0. The summed E-state index contributed by atoms with van der Waals surface area (Å²) < 4.78 is 71.1. The largest absolute Gasteiger partial charge is 0.494 e. The fourth-order valence-corrected chi connectivity index (χ4v) is 5.18. The van der Waals surface area contributed by atoms with Gasteiger partial charge >= 0.3 is 18.1 Å². The third kappa shape index (κ3) is 12.7. The summed E-state index contributed by atoms with van der Waals surface area (Å²) in [5.74, 6) is -2.99.